The van der Waals surface area contributed by atoms with Crippen molar-refractivity contribution >= 4 is 22.5 Å². The first kappa shape index (κ1) is 13.8. The van der Waals surface area contributed by atoms with Crippen molar-refractivity contribution in [3.63, 3.8) is 0 Å². The summed E-state index contributed by atoms with van der Waals surface area (Å²) in [7, 11) is 0. The number of pyridine rings is 1. The van der Waals surface area contributed by atoms with Crippen LogP contribution in [0.15, 0.2) is 48.8 Å². The van der Waals surface area contributed by atoms with Gasteiger partial charge in [0.05, 0.1) is 18.3 Å². The number of rotatable bonds is 2. The number of hydrogen-bond donors (Lipinski definition) is 0. The standard InChI is InChI=1S/C17H16N4O2/c1-12-10-20(15-7-4-8-18-17(15)23-12)16(22)11-21-14-6-3-2-5-13(14)9-19-21/h2-9,12H,10-11H2,1H3. The van der Waals surface area contributed by atoms with Gasteiger partial charge in [0.15, 0.2) is 0 Å². The molecule has 0 N–H and O–H groups in total. The van der Waals surface area contributed by atoms with E-state index in [4.69, 9.17) is 4.74 Å². The van der Waals surface area contributed by atoms with Gasteiger partial charge >= 0.3 is 0 Å². The summed E-state index contributed by atoms with van der Waals surface area (Å²) in [5.41, 5.74) is 1.67. The minimum Gasteiger partial charge on any atom is -0.471 e. The van der Waals surface area contributed by atoms with E-state index in [1.54, 1.807) is 22.0 Å². The molecule has 0 fully saturated rings. The number of para-hydroxylation sites is 1. The molecule has 1 aliphatic heterocycles. The molecule has 1 atom stereocenters. The van der Waals surface area contributed by atoms with Crippen LogP contribution in [0.3, 0.4) is 0 Å². The molecule has 0 saturated heterocycles. The number of amides is 1. The molecule has 6 nitrogen and oxygen atoms in total. The Morgan fingerprint density at radius 2 is 2.17 bits per heavy atom. The number of carbonyl (C=O) groups excluding carboxylic acids is 1. The largest absolute Gasteiger partial charge is 0.471 e. The van der Waals surface area contributed by atoms with E-state index in [9.17, 15) is 4.79 Å². The molecular weight excluding hydrogens is 292 g/mol. The fourth-order valence-electron chi connectivity index (χ4n) is 2.86. The maximum Gasteiger partial charge on any atom is 0.249 e. The first-order chi connectivity index (χ1) is 11.2. The Morgan fingerprint density at radius 1 is 1.30 bits per heavy atom. The lowest BCUT2D eigenvalue weighted by atomic mass is 10.2. The van der Waals surface area contributed by atoms with Crippen molar-refractivity contribution in [2.75, 3.05) is 11.4 Å². The fraction of sp³-hybridized carbons (Fsp3) is 0.235. The van der Waals surface area contributed by atoms with Crippen molar-refractivity contribution in [2.24, 2.45) is 0 Å². The van der Waals surface area contributed by atoms with Crippen LogP contribution >= 0.6 is 0 Å². The molecule has 0 radical (unpaired) electrons. The van der Waals surface area contributed by atoms with Crippen molar-refractivity contribution in [2.45, 2.75) is 19.6 Å². The molecule has 3 aromatic rings. The molecule has 0 saturated carbocycles. The number of nitrogens with zero attached hydrogens (tertiary/aromatic N) is 4. The van der Waals surface area contributed by atoms with Gasteiger partial charge in [-0.3, -0.25) is 9.48 Å². The van der Waals surface area contributed by atoms with Crippen LogP contribution in [-0.2, 0) is 11.3 Å². The van der Waals surface area contributed by atoms with E-state index in [0.29, 0.717) is 18.1 Å². The van der Waals surface area contributed by atoms with Gasteiger partial charge in [-0.15, -0.1) is 0 Å². The summed E-state index contributed by atoms with van der Waals surface area (Å²) in [4.78, 5) is 18.7. The highest BCUT2D eigenvalue weighted by molar-refractivity contribution is 5.95. The first-order valence-corrected chi connectivity index (χ1v) is 7.55. The van der Waals surface area contributed by atoms with E-state index in [1.807, 2.05) is 43.3 Å². The van der Waals surface area contributed by atoms with Crippen LogP contribution in [0.2, 0.25) is 0 Å². The summed E-state index contributed by atoms with van der Waals surface area (Å²) in [5.74, 6) is 0.480. The smallest absolute Gasteiger partial charge is 0.249 e. The lowest BCUT2D eigenvalue weighted by molar-refractivity contribution is -0.119. The number of aromatic nitrogens is 3. The predicted molar refractivity (Wildman–Crippen MR) is 86.4 cm³/mol. The molecule has 3 heterocycles. The Bertz CT molecular complexity index is 874. The van der Waals surface area contributed by atoms with Gasteiger partial charge in [0.1, 0.15) is 18.3 Å². The SMILES string of the molecule is CC1CN(C(=O)Cn2ncc3ccccc32)c2cccnc2O1. The Kier molecular flexibility index (Phi) is 3.22. The number of anilines is 1. The van der Waals surface area contributed by atoms with Gasteiger partial charge in [-0.25, -0.2) is 4.98 Å². The van der Waals surface area contributed by atoms with Gasteiger partial charge < -0.3 is 9.64 Å². The van der Waals surface area contributed by atoms with Crippen LogP contribution in [-0.4, -0.2) is 33.3 Å². The van der Waals surface area contributed by atoms with Gasteiger partial charge in [-0.1, -0.05) is 18.2 Å². The summed E-state index contributed by atoms with van der Waals surface area (Å²) in [6.45, 7) is 2.63. The highest BCUT2D eigenvalue weighted by Gasteiger charge is 2.28. The summed E-state index contributed by atoms with van der Waals surface area (Å²) >= 11 is 0. The summed E-state index contributed by atoms with van der Waals surface area (Å²) in [6, 6.07) is 11.5. The third-order valence-corrected chi connectivity index (χ3v) is 3.93. The second-order valence-electron chi connectivity index (χ2n) is 5.62. The lowest BCUT2D eigenvalue weighted by Crippen LogP contribution is -2.44. The topological polar surface area (TPSA) is 60.2 Å². The minimum absolute atomic E-state index is 0.0248. The van der Waals surface area contributed by atoms with E-state index in [-0.39, 0.29) is 18.6 Å². The quantitative estimate of drug-likeness (QED) is 0.728. The average Bonchev–Trinajstić information content (AvgIpc) is 2.97. The molecule has 1 aliphatic rings. The van der Waals surface area contributed by atoms with Crippen LogP contribution in [0.1, 0.15) is 6.92 Å². The molecule has 23 heavy (non-hydrogen) atoms. The van der Waals surface area contributed by atoms with Crippen LogP contribution in [0.25, 0.3) is 10.9 Å². The third kappa shape index (κ3) is 2.42. The monoisotopic (exact) mass is 308 g/mol. The highest BCUT2D eigenvalue weighted by Crippen LogP contribution is 2.31. The van der Waals surface area contributed by atoms with Crippen LogP contribution in [0.5, 0.6) is 5.88 Å². The number of fused-ring (bicyclic) bond motifs is 2. The second-order valence-corrected chi connectivity index (χ2v) is 5.62. The van der Waals surface area contributed by atoms with E-state index in [0.717, 1.165) is 10.9 Å². The zero-order valence-electron chi connectivity index (χ0n) is 12.7. The molecular formula is C17H16N4O2. The van der Waals surface area contributed by atoms with Gasteiger partial charge in [-0.05, 0) is 25.1 Å². The van der Waals surface area contributed by atoms with E-state index >= 15 is 0 Å². The van der Waals surface area contributed by atoms with E-state index in [2.05, 4.69) is 10.1 Å². The molecule has 1 unspecified atom stereocenters. The van der Waals surface area contributed by atoms with Gasteiger partial charge in [-0.2, -0.15) is 5.10 Å². The zero-order valence-corrected chi connectivity index (χ0v) is 12.7. The summed E-state index contributed by atoms with van der Waals surface area (Å²) < 4.78 is 7.42. The fourth-order valence-corrected chi connectivity index (χ4v) is 2.86. The van der Waals surface area contributed by atoms with Gasteiger partial charge in [0.2, 0.25) is 11.8 Å². The number of ether oxygens (including phenoxy) is 1. The van der Waals surface area contributed by atoms with Crippen LogP contribution in [0, 0.1) is 0 Å². The van der Waals surface area contributed by atoms with Crippen molar-refractivity contribution in [3.05, 3.63) is 48.8 Å². The Hall–Kier alpha value is -2.89. The van der Waals surface area contributed by atoms with Crippen molar-refractivity contribution in [1.82, 2.24) is 14.8 Å². The first-order valence-electron chi connectivity index (χ1n) is 7.55. The summed E-state index contributed by atoms with van der Waals surface area (Å²) in [6.07, 6.45) is 3.36. The second kappa shape index (κ2) is 5.39. The van der Waals surface area contributed by atoms with Crippen LogP contribution < -0.4 is 9.64 Å². The summed E-state index contributed by atoms with van der Waals surface area (Å²) in [5, 5.41) is 5.35. The van der Waals surface area contributed by atoms with Crippen LogP contribution in [0.4, 0.5) is 5.69 Å². The van der Waals surface area contributed by atoms with Crippen molar-refractivity contribution in [3.8, 4) is 5.88 Å². The predicted octanol–water partition coefficient (Wildman–Crippen LogP) is 2.25. The minimum atomic E-state index is -0.0873. The zero-order chi connectivity index (χ0) is 15.8. The van der Waals surface area contributed by atoms with Crippen molar-refractivity contribution < 1.29 is 9.53 Å². The Morgan fingerprint density at radius 3 is 3.09 bits per heavy atom. The number of carbonyl (C=O) groups is 1. The highest BCUT2D eigenvalue weighted by atomic mass is 16.5. The maximum atomic E-state index is 12.8. The normalized spacial score (nSPS) is 16.9. The lowest BCUT2D eigenvalue weighted by Gasteiger charge is -2.32. The van der Waals surface area contributed by atoms with E-state index < -0.39 is 0 Å². The van der Waals surface area contributed by atoms with Gasteiger partial charge in [0.25, 0.3) is 0 Å². The molecule has 0 bridgehead atoms. The van der Waals surface area contributed by atoms with E-state index in [1.165, 1.54) is 0 Å². The molecule has 6 heteroatoms. The molecule has 2 aromatic heterocycles. The molecule has 0 aliphatic carbocycles. The molecule has 116 valence electrons. The van der Waals surface area contributed by atoms with Gasteiger partial charge in [0, 0.05) is 11.6 Å². The third-order valence-electron chi connectivity index (χ3n) is 3.93. The molecule has 1 aromatic carbocycles. The Labute approximate surface area is 133 Å². The molecule has 4 rings (SSSR count). The molecule has 0 spiro atoms. The maximum absolute atomic E-state index is 12.8. The molecule has 1 amide bonds. The Balaban J connectivity index is 1.65. The number of hydrogen-bond acceptors (Lipinski definition) is 4. The van der Waals surface area contributed by atoms with Crippen molar-refractivity contribution in [1.29, 1.82) is 0 Å². The number of benzene rings is 1. The average molecular weight is 308 g/mol.